The number of aliphatic hydroxyl groups is 1. The third-order valence-electron chi connectivity index (χ3n) is 7.85. The van der Waals surface area contributed by atoms with Gasteiger partial charge in [-0.2, -0.15) is 0 Å². The smallest absolute Gasteiger partial charge is 0.244 e. The molecule has 3 amide bonds. The summed E-state index contributed by atoms with van der Waals surface area (Å²) in [6, 6.07) is 14.9. The van der Waals surface area contributed by atoms with Crippen LogP contribution in [0.3, 0.4) is 0 Å². The summed E-state index contributed by atoms with van der Waals surface area (Å²) in [6.45, 7) is 5.93. The van der Waals surface area contributed by atoms with Crippen LogP contribution in [0.25, 0.3) is 0 Å². The fourth-order valence-corrected chi connectivity index (χ4v) is 8.65. The summed E-state index contributed by atoms with van der Waals surface area (Å²) < 4.78 is 4.78. The molecular formula is C29H35N3O5S. The van der Waals surface area contributed by atoms with Gasteiger partial charge in [0.25, 0.3) is 0 Å². The van der Waals surface area contributed by atoms with E-state index in [2.05, 4.69) is 10.6 Å². The molecule has 2 unspecified atom stereocenters. The first kappa shape index (κ1) is 26.6. The highest BCUT2D eigenvalue weighted by atomic mass is 32.2. The van der Waals surface area contributed by atoms with Gasteiger partial charge in [-0.3, -0.25) is 14.4 Å². The van der Waals surface area contributed by atoms with Crippen LogP contribution in [0.4, 0.5) is 5.69 Å². The van der Waals surface area contributed by atoms with Gasteiger partial charge in [-0.15, -0.1) is 11.8 Å². The molecule has 8 nitrogen and oxygen atoms in total. The minimum atomic E-state index is -0.780. The fourth-order valence-electron chi connectivity index (χ4n) is 6.45. The molecule has 2 aromatic carbocycles. The van der Waals surface area contributed by atoms with Crippen LogP contribution in [-0.4, -0.2) is 63.0 Å². The quantitative estimate of drug-likeness (QED) is 0.453. The van der Waals surface area contributed by atoms with Crippen LogP contribution in [0.15, 0.2) is 54.6 Å². The number of likely N-dealkylation sites (tertiary alicyclic amines) is 1. The van der Waals surface area contributed by atoms with E-state index in [1.54, 1.807) is 40.9 Å². The minimum absolute atomic E-state index is 0.0487. The van der Waals surface area contributed by atoms with Gasteiger partial charge in [-0.25, -0.2) is 0 Å². The second-order valence-electron chi connectivity index (χ2n) is 10.5. The summed E-state index contributed by atoms with van der Waals surface area (Å²) >= 11 is 1.61. The van der Waals surface area contributed by atoms with E-state index < -0.39 is 28.7 Å². The molecule has 1 spiro atoms. The van der Waals surface area contributed by atoms with Gasteiger partial charge in [0.1, 0.15) is 11.8 Å². The van der Waals surface area contributed by atoms with E-state index in [1.165, 1.54) is 0 Å². The molecule has 3 aliphatic rings. The molecule has 0 aliphatic carbocycles. The van der Waals surface area contributed by atoms with Crippen LogP contribution >= 0.6 is 11.8 Å². The molecule has 0 saturated carbocycles. The predicted octanol–water partition coefficient (Wildman–Crippen LogP) is 3.37. The number of ether oxygens (including phenoxy) is 1. The highest BCUT2D eigenvalue weighted by molar-refractivity contribution is 8.02. The van der Waals surface area contributed by atoms with Gasteiger partial charge in [0.05, 0.1) is 35.8 Å². The van der Waals surface area contributed by atoms with Gasteiger partial charge in [0.15, 0.2) is 0 Å². The first-order valence-corrected chi connectivity index (χ1v) is 14.2. The number of hydrogen-bond donors (Lipinski definition) is 3. The Balaban J connectivity index is 1.49. The molecule has 2 aromatic rings. The maximum Gasteiger partial charge on any atom is 0.244 e. The molecule has 3 N–H and O–H groups in total. The van der Waals surface area contributed by atoms with Crippen LogP contribution in [0.2, 0.25) is 0 Å². The summed E-state index contributed by atoms with van der Waals surface area (Å²) in [7, 11) is 0. The second kappa shape index (κ2) is 10.6. The van der Waals surface area contributed by atoms with Gasteiger partial charge in [0, 0.05) is 17.0 Å². The van der Waals surface area contributed by atoms with Gasteiger partial charge in [-0.1, -0.05) is 30.3 Å². The van der Waals surface area contributed by atoms with Crippen LogP contribution < -0.4 is 15.4 Å². The molecule has 202 valence electrons. The maximum atomic E-state index is 14.3. The Morgan fingerprint density at radius 2 is 1.84 bits per heavy atom. The number of benzene rings is 2. The molecular weight excluding hydrogens is 502 g/mol. The van der Waals surface area contributed by atoms with Crippen LogP contribution in [0.1, 0.15) is 45.2 Å². The Labute approximate surface area is 227 Å². The molecule has 2 bridgehead atoms. The average molecular weight is 538 g/mol. The number of thioether (sulfide) groups is 1. The number of aliphatic hydroxyl groups excluding tert-OH is 1. The van der Waals surface area contributed by atoms with Crippen molar-refractivity contribution in [1.29, 1.82) is 0 Å². The molecule has 3 heterocycles. The molecule has 38 heavy (non-hydrogen) atoms. The van der Waals surface area contributed by atoms with E-state index in [-0.39, 0.29) is 35.6 Å². The first-order valence-electron chi connectivity index (χ1n) is 13.3. The van der Waals surface area contributed by atoms with Gasteiger partial charge in [0.2, 0.25) is 17.7 Å². The van der Waals surface area contributed by atoms with Crippen LogP contribution in [0.5, 0.6) is 5.75 Å². The van der Waals surface area contributed by atoms with Crippen LogP contribution in [-0.2, 0) is 14.4 Å². The number of hydrogen-bond acceptors (Lipinski definition) is 6. The van der Waals surface area contributed by atoms with E-state index in [4.69, 9.17) is 4.74 Å². The van der Waals surface area contributed by atoms with E-state index in [9.17, 15) is 19.5 Å². The summed E-state index contributed by atoms with van der Waals surface area (Å²) in [5.41, 5.74) is 1.39. The molecule has 6 atom stereocenters. The summed E-state index contributed by atoms with van der Waals surface area (Å²) in [5, 5.41) is 16.4. The molecule has 3 fully saturated rings. The highest BCUT2D eigenvalue weighted by Crippen LogP contribution is 2.67. The lowest BCUT2D eigenvalue weighted by molar-refractivity contribution is -0.142. The van der Waals surface area contributed by atoms with E-state index in [0.29, 0.717) is 18.7 Å². The molecule has 3 saturated heterocycles. The van der Waals surface area contributed by atoms with Crippen molar-refractivity contribution in [2.45, 2.75) is 61.7 Å². The minimum Gasteiger partial charge on any atom is -0.494 e. The number of carbonyl (C=O) groups excluding carboxylic acids is 3. The lowest BCUT2D eigenvalue weighted by atomic mass is 9.70. The van der Waals surface area contributed by atoms with Crippen molar-refractivity contribution >= 4 is 35.2 Å². The normalized spacial score (nSPS) is 28.3. The molecule has 0 aromatic heterocycles. The van der Waals surface area contributed by atoms with Crippen molar-refractivity contribution in [3.63, 3.8) is 0 Å². The summed E-state index contributed by atoms with van der Waals surface area (Å²) in [4.78, 5) is 43.3. The number of anilines is 1. The average Bonchev–Trinajstić information content (AvgIpc) is 3.54. The molecule has 9 heteroatoms. The van der Waals surface area contributed by atoms with Gasteiger partial charge >= 0.3 is 0 Å². The number of nitrogens with zero attached hydrogens (tertiary/aromatic N) is 1. The van der Waals surface area contributed by atoms with Crippen molar-refractivity contribution in [3.05, 3.63) is 60.2 Å². The fraction of sp³-hybridized carbons (Fsp3) is 0.483. The van der Waals surface area contributed by atoms with Crippen molar-refractivity contribution in [3.8, 4) is 5.75 Å². The SMILES string of the molecule is CCOc1ccc(NC(=O)[C@@H]2[C@@H]3CCC4(S3)C(C(=O)NC(C)C)N([C@H](CO)c3ccccc3)C(=O)[C@H]24)cc1. The predicted molar refractivity (Wildman–Crippen MR) is 147 cm³/mol. The molecule has 0 radical (unpaired) electrons. The number of nitrogens with one attached hydrogen (secondary N) is 2. The Morgan fingerprint density at radius 1 is 1.13 bits per heavy atom. The molecule has 5 rings (SSSR count). The third-order valence-corrected chi connectivity index (χ3v) is 9.80. The zero-order valence-electron chi connectivity index (χ0n) is 21.9. The monoisotopic (exact) mass is 537 g/mol. The Morgan fingerprint density at radius 3 is 2.47 bits per heavy atom. The van der Waals surface area contributed by atoms with Crippen molar-refractivity contribution in [2.75, 3.05) is 18.5 Å². The molecule has 3 aliphatic heterocycles. The number of amides is 3. The second-order valence-corrected chi connectivity index (χ2v) is 12.1. The van der Waals surface area contributed by atoms with Crippen molar-refractivity contribution in [2.24, 2.45) is 11.8 Å². The number of fused-ring (bicyclic) bond motifs is 1. The van der Waals surface area contributed by atoms with Crippen molar-refractivity contribution in [1.82, 2.24) is 10.2 Å². The lowest BCUT2D eigenvalue weighted by Gasteiger charge is -2.37. The Kier molecular flexibility index (Phi) is 7.42. The van der Waals surface area contributed by atoms with Crippen molar-refractivity contribution < 1.29 is 24.2 Å². The third kappa shape index (κ3) is 4.45. The van der Waals surface area contributed by atoms with E-state index in [0.717, 1.165) is 17.7 Å². The number of rotatable bonds is 9. The van der Waals surface area contributed by atoms with Gasteiger partial charge in [-0.05, 0) is 63.4 Å². The van der Waals surface area contributed by atoms with E-state index in [1.807, 2.05) is 51.1 Å². The largest absolute Gasteiger partial charge is 0.494 e. The zero-order valence-corrected chi connectivity index (χ0v) is 22.7. The number of carbonyl (C=O) groups is 3. The van der Waals surface area contributed by atoms with Gasteiger partial charge < -0.3 is 25.4 Å². The van der Waals surface area contributed by atoms with Crippen LogP contribution in [0, 0.1) is 11.8 Å². The highest BCUT2D eigenvalue weighted by Gasteiger charge is 2.74. The standard InChI is InChI=1S/C29H35N3O5S/c1-4-37-20-12-10-19(11-13-20)31-26(34)23-22-14-15-29(38-22)24(23)28(36)32(25(29)27(35)30-17(2)3)21(16-33)18-8-6-5-7-9-18/h5-13,17,21-25,33H,4,14-16H2,1-3H3,(H,30,35)(H,31,34)/t21-,22+,23-,24+,25?,29?/m1/s1. The Hall–Kier alpha value is -3.04. The first-order chi connectivity index (χ1) is 18.3. The maximum absolute atomic E-state index is 14.3. The Bertz CT molecular complexity index is 1190. The topological polar surface area (TPSA) is 108 Å². The zero-order chi connectivity index (χ0) is 27.0. The van der Waals surface area contributed by atoms with E-state index >= 15 is 0 Å². The summed E-state index contributed by atoms with van der Waals surface area (Å²) in [6.07, 6.45) is 1.43. The summed E-state index contributed by atoms with van der Waals surface area (Å²) in [5.74, 6) is -1.17. The lowest BCUT2D eigenvalue weighted by Crippen LogP contribution is -2.55.